The summed E-state index contributed by atoms with van der Waals surface area (Å²) in [7, 11) is 1.76. The van der Waals surface area contributed by atoms with E-state index < -0.39 is 5.97 Å². The third-order valence-electron chi connectivity index (χ3n) is 5.70. The predicted octanol–water partition coefficient (Wildman–Crippen LogP) is 1.49. The first-order valence-corrected chi connectivity index (χ1v) is 9.36. The Hall–Kier alpha value is -2.67. The Labute approximate surface area is 158 Å². The molecule has 1 fully saturated rings. The van der Waals surface area contributed by atoms with E-state index in [0.29, 0.717) is 37.5 Å². The molecule has 0 spiro atoms. The summed E-state index contributed by atoms with van der Waals surface area (Å²) in [5.74, 6) is -0.496. The van der Waals surface area contributed by atoms with Gasteiger partial charge in [-0.1, -0.05) is 30.3 Å². The lowest BCUT2D eigenvalue weighted by Gasteiger charge is -2.29. The maximum atomic E-state index is 12.8. The molecule has 0 bridgehead atoms. The van der Waals surface area contributed by atoms with E-state index in [2.05, 4.69) is 34.3 Å². The topological polar surface area (TPSA) is 78.7 Å². The fourth-order valence-corrected chi connectivity index (χ4v) is 4.24. The van der Waals surface area contributed by atoms with Crippen molar-refractivity contribution in [2.75, 3.05) is 26.2 Å². The molecule has 1 saturated heterocycles. The molecule has 4 rings (SSSR count). The lowest BCUT2D eigenvalue weighted by molar-refractivity contribution is -0.133. The quantitative estimate of drug-likeness (QED) is 0.885. The van der Waals surface area contributed by atoms with E-state index >= 15 is 0 Å². The first-order chi connectivity index (χ1) is 13.0. The van der Waals surface area contributed by atoms with Crippen molar-refractivity contribution in [2.45, 2.75) is 25.3 Å². The van der Waals surface area contributed by atoms with Crippen molar-refractivity contribution < 1.29 is 14.7 Å². The van der Waals surface area contributed by atoms with Gasteiger partial charge >= 0.3 is 5.97 Å². The second kappa shape index (κ2) is 7.15. The highest BCUT2D eigenvalue weighted by Gasteiger charge is 2.31. The van der Waals surface area contributed by atoms with E-state index in [9.17, 15) is 14.7 Å². The number of likely N-dealkylation sites (tertiary alicyclic amines) is 1. The van der Waals surface area contributed by atoms with Gasteiger partial charge < -0.3 is 10.0 Å². The Balaban J connectivity index is 1.39. The van der Waals surface area contributed by atoms with E-state index in [-0.39, 0.29) is 11.6 Å². The van der Waals surface area contributed by atoms with Gasteiger partial charge in [-0.15, -0.1) is 0 Å². The third-order valence-corrected chi connectivity index (χ3v) is 5.70. The highest BCUT2D eigenvalue weighted by molar-refractivity contribution is 5.88. The Kier molecular flexibility index (Phi) is 4.70. The number of hydrogen-bond acceptors (Lipinski definition) is 4. The highest BCUT2D eigenvalue weighted by atomic mass is 16.4. The minimum Gasteiger partial charge on any atom is -0.476 e. The molecule has 1 amide bonds. The molecule has 142 valence electrons. The zero-order valence-corrected chi connectivity index (χ0v) is 15.5. The number of aryl methyl sites for hydroxylation is 1. The van der Waals surface area contributed by atoms with Crippen molar-refractivity contribution in [3.63, 3.8) is 0 Å². The molecule has 0 saturated carbocycles. The first-order valence-electron chi connectivity index (χ1n) is 9.36. The van der Waals surface area contributed by atoms with Crippen LogP contribution in [0.2, 0.25) is 0 Å². The minimum atomic E-state index is -1.04. The van der Waals surface area contributed by atoms with E-state index in [1.165, 1.54) is 5.56 Å². The Bertz CT molecular complexity index is 862. The number of nitrogens with zero attached hydrogens (tertiary/aromatic N) is 4. The number of carboxylic acid groups (broad SMARTS) is 1. The number of aromatic nitrogens is 2. The number of rotatable bonds is 4. The fraction of sp³-hybridized carbons (Fsp3) is 0.450. The van der Waals surface area contributed by atoms with Gasteiger partial charge in [-0.05, 0) is 24.4 Å². The molecule has 1 atom stereocenters. The number of benzene rings is 1. The molecule has 0 aliphatic carbocycles. The molecule has 2 aliphatic heterocycles. The van der Waals surface area contributed by atoms with Crippen LogP contribution in [0.5, 0.6) is 0 Å². The van der Waals surface area contributed by atoms with Crippen molar-refractivity contribution in [2.24, 2.45) is 7.05 Å². The monoisotopic (exact) mass is 368 g/mol. The summed E-state index contributed by atoms with van der Waals surface area (Å²) in [6.45, 7) is 3.14. The van der Waals surface area contributed by atoms with Crippen molar-refractivity contribution in [3.8, 4) is 0 Å². The average Bonchev–Trinajstić information content (AvgIpc) is 3.27. The van der Waals surface area contributed by atoms with Crippen LogP contribution in [-0.2, 0) is 24.8 Å². The van der Waals surface area contributed by atoms with Crippen LogP contribution in [0, 0.1) is 0 Å². The number of carbonyl (C=O) groups is 2. The maximum absolute atomic E-state index is 12.8. The molecule has 0 radical (unpaired) electrons. The zero-order chi connectivity index (χ0) is 19.0. The maximum Gasteiger partial charge on any atom is 0.356 e. The molecule has 7 nitrogen and oxygen atoms in total. The second-order valence-electron chi connectivity index (χ2n) is 7.40. The molecule has 2 aliphatic rings. The molecule has 1 aromatic carbocycles. The van der Waals surface area contributed by atoms with Crippen molar-refractivity contribution in [1.29, 1.82) is 0 Å². The Morgan fingerprint density at radius 2 is 2.00 bits per heavy atom. The highest BCUT2D eigenvalue weighted by Crippen LogP contribution is 2.27. The standard InChI is InChI=1S/C20H24N4O3/c1-22-17-8-10-24(12-16(17)19(21-22)20(26)27)18(25)13-23-9-7-15(11-23)14-5-3-2-4-6-14/h2-6,15H,7-13H2,1H3,(H,26,27)/t15-/m0/s1. The van der Waals surface area contributed by atoms with Crippen molar-refractivity contribution in [1.82, 2.24) is 19.6 Å². The molecule has 2 aromatic rings. The number of amides is 1. The summed E-state index contributed by atoms with van der Waals surface area (Å²) < 4.78 is 1.63. The predicted molar refractivity (Wildman–Crippen MR) is 99.5 cm³/mol. The van der Waals surface area contributed by atoms with Crippen LogP contribution in [0.1, 0.15) is 39.6 Å². The zero-order valence-electron chi connectivity index (χ0n) is 15.5. The summed E-state index contributed by atoms with van der Waals surface area (Å²) in [5, 5.41) is 13.5. The summed E-state index contributed by atoms with van der Waals surface area (Å²) >= 11 is 0. The van der Waals surface area contributed by atoms with Crippen LogP contribution < -0.4 is 0 Å². The number of aromatic carboxylic acids is 1. The van der Waals surface area contributed by atoms with Gasteiger partial charge in [0.15, 0.2) is 5.69 Å². The molecule has 0 unspecified atom stereocenters. The molecular formula is C20H24N4O3. The Morgan fingerprint density at radius 1 is 1.22 bits per heavy atom. The number of carboxylic acids is 1. The van der Waals surface area contributed by atoms with Gasteiger partial charge in [0.1, 0.15) is 0 Å². The molecule has 1 aromatic heterocycles. The van der Waals surface area contributed by atoms with Crippen LogP contribution in [0.3, 0.4) is 0 Å². The van der Waals surface area contributed by atoms with Gasteiger partial charge in [-0.2, -0.15) is 5.10 Å². The van der Waals surface area contributed by atoms with Gasteiger partial charge in [0.05, 0.1) is 6.54 Å². The SMILES string of the molecule is Cn1nc(C(=O)O)c2c1CCN(C(=O)CN1CC[C@H](c3ccccc3)C1)C2. The van der Waals surface area contributed by atoms with Crippen molar-refractivity contribution in [3.05, 3.63) is 52.8 Å². The van der Waals surface area contributed by atoms with Crippen LogP contribution in [0.15, 0.2) is 30.3 Å². The van der Waals surface area contributed by atoms with Crippen LogP contribution in [0.25, 0.3) is 0 Å². The van der Waals surface area contributed by atoms with E-state index in [1.54, 1.807) is 16.6 Å². The van der Waals surface area contributed by atoms with Crippen LogP contribution >= 0.6 is 0 Å². The van der Waals surface area contributed by atoms with Crippen LogP contribution in [-0.4, -0.2) is 62.7 Å². The van der Waals surface area contributed by atoms with Gasteiger partial charge in [0.2, 0.25) is 5.91 Å². The first kappa shape index (κ1) is 17.7. The number of hydrogen-bond donors (Lipinski definition) is 1. The second-order valence-corrected chi connectivity index (χ2v) is 7.40. The summed E-state index contributed by atoms with van der Waals surface area (Å²) in [6.07, 6.45) is 1.71. The smallest absolute Gasteiger partial charge is 0.356 e. The van der Waals surface area contributed by atoms with Gasteiger partial charge in [0.25, 0.3) is 0 Å². The van der Waals surface area contributed by atoms with Gasteiger partial charge in [0, 0.05) is 44.4 Å². The van der Waals surface area contributed by atoms with Gasteiger partial charge in [-0.25, -0.2) is 4.79 Å². The summed E-state index contributed by atoms with van der Waals surface area (Å²) in [5.41, 5.74) is 2.99. The third kappa shape index (κ3) is 3.47. The largest absolute Gasteiger partial charge is 0.476 e. The molecular weight excluding hydrogens is 344 g/mol. The van der Waals surface area contributed by atoms with Gasteiger partial charge in [-0.3, -0.25) is 14.4 Å². The lowest BCUT2D eigenvalue weighted by atomic mass is 9.99. The Morgan fingerprint density at radius 3 is 2.74 bits per heavy atom. The molecule has 7 heteroatoms. The molecule has 1 N–H and O–H groups in total. The normalized spacial score (nSPS) is 19.9. The molecule has 3 heterocycles. The summed E-state index contributed by atoms with van der Waals surface area (Å²) in [4.78, 5) is 28.2. The number of carbonyl (C=O) groups excluding carboxylic acids is 1. The van der Waals surface area contributed by atoms with Crippen molar-refractivity contribution >= 4 is 11.9 Å². The number of fused-ring (bicyclic) bond motifs is 1. The minimum absolute atomic E-state index is 0.0644. The fourth-order valence-electron chi connectivity index (χ4n) is 4.24. The van der Waals surface area contributed by atoms with Crippen LogP contribution in [0.4, 0.5) is 0 Å². The average molecular weight is 368 g/mol. The molecule has 27 heavy (non-hydrogen) atoms. The lowest BCUT2D eigenvalue weighted by Crippen LogP contribution is -2.42. The van der Waals surface area contributed by atoms with E-state index in [0.717, 1.165) is 25.2 Å². The van der Waals surface area contributed by atoms with E-state index in [1.807, 2.05) is 6.07 Å². The van der Waals surface area contributed by atoms with E-state index in [4.69, 9.17) is 0 Å². The summed E-state index contributed by atoms with van der Waals surface area (Å²) in [6, 6.07) is 10.4.